The molecule has 0 aliphatic heterocycles. The van der Waals surface area contributed by atoms with Gasteiger partial charge in [0.15, 0.2) is 0 Å². The van der Waals surface area contributed by atoms with Gasteiger partial charge in [-0.3, -0.25) is 4.79 Å². The second kappa shape index (κ2) is 7.20. The molecular weight excluding hydrogens is 278 g/mol. The third-order valence-electron chi connectivity index (χ3n) is 3.67. The van der Waals surface area contributed by atoms with E-state index in [1.54, 1.807) is 0 Å². The molecule has 2 rings (SSSR count). The first kappa shape index (κ1) is 14.7. The molecule has 0 heterocycles. The Morgan fingerprint density at radius 1 is 1.42 bits per heavy atom. The standard InChI is InChI=1S/C15H20ClNOS/c1-19-14-8-3-2-7-13(14)17-15(18)12-6-4-5-11(9-12)10-16/h4-6,9,13-14H,2-3,7-8,10H2,1H3,(H,17,18). The number of carbonyl (C=O) groups excluding carboxylic acids is 1. The van der Waals surface area contributed by atoms with Crippen molar-refractivity contribution in [2.24, 2.45) is 0 Å². The SMILES string of the molecule is CSC1CCCCC1NC(=O)c1cccc(CCl)c1. The van der Waals surface area contributed by atoms with Crippen molar-refractivity contribution in [2.45, 2.75) is 42.9 Å². The lowest BCUT2D eigenvalue weighted by atomic mass is 9.94. The van der Waals surface area contributed by atoms with Gasteiger partial charge < -0.3 is 5.32 Å². The van der Waals surface area contributed by atoms with E-state index in [1.165, 1.54) is 19.3 Å². The number of hydrogen-bond acceptors (Lipinski definition) is 2. The number of rotatable bonds is 4. The summed E-state index contributed by atoms with van der Waals surface area (Å²) in [6.45, 7) is 0. The zero-order valence-corrected chi connectivity index (χ0v) is 12.8. The van der Waals surface area contributed by atoms with E-state index in [1.807, 2.05) is 36.0 Å². The summed E-state index contributed by atoms with van der Waals surface area (Å²) >= 11 is 7.67. The van der Waals surface area contributed by atoms with Gasteiger partial charge in [-0.1, -0.05) is 25.0 Å². The maximum atomic E-state index is 12.3. The maximum Gasteiger partial charge on any atom is 0.251 e. The van der Waals surface area contributed by atoms with Crippen molar-refractivity contribution in [3.63, 3.8) is 0 Å². The molecule has 2 atom stereocenters. The van der Waals surface area contributed by atoms with E-state index in [-0.39, 0.29) is 5.91 Å². The summed E-state index contributed by atoms with van der Waals surface area (Å²) in [5.74, 6) is 0.468. The van der Waals surface area contributed by atoms with Gasteiger partial charge in [0, 0.05) is 22.7 Å². The van der Waals surface area contributed by atoms with E-state index in [2.05, 4.69) is 11.6 Å². The summed E-state index contributed by atoms with van der Waals surface area (Å²) < 4.78 is 0. The molecule has 0 radical (unpaired) electrons. The number of halogens is 1. The van der Waals surface area contributed by atoms with Crippen LogP contribution in [0.1, 0.15) is 41.6 Å². The second-order valence-corrected chi connectivity index (χ2v) is 6.32. The van der Waals surface area contributed by atoms with Crippen LogP contribution in [0.3, 0.4) is 0 Å². The van der Waals surface area contributed by atoms with Gasteiger partial charge in [-0.05, 0) is 36.8 Å². The monoisotopic (exact) mass is 297 g/mol. The van der Waals surface area contributed by atoms with Gasteiger partial charge in [-0.15, -0.1) is 11.6 Å². The van der Waals surface area contributed by atoms with Gasteiger partial charge in [0.05, 0.1) is 0 Å². The third-order valence-corrected chi connectivity index (χ3v) is 5.14. The summed E-state index contributed by atoms with van der Waals surface area (Å²) in [6.07, 6.45) is 6.91. The predicted molar refractivity (Wildman–Crippen MR) is 83.0 cm³/mol. The molecule has 0 saturated heterocycles. The molecule has 1 aromatic carbocycles. The van der Waals surface area contributed by atoms with Crippen molar-refractivity contribution >= 4 is 29.3 Å². The van der Waals surface area contributed by atoms with Crippen LogP contribution in [-0.2, 0) is 5.88 Å². The lowest BCUT2D eigenvalue weighted by Crippen LogP contribution is -2.43. The van der Waals surface area contributed by atoms with Crippen LogP contribution in [0, 0.1) is 0 Å². The van der Waals surface area contributed by atoms with Gasteiger partial charge in [-0.25, -0.2) is 0 Å². The van der Waals surface area contributed by atoms with Gasteiger partial charge in [0.25, 0.3) is 5.91 Å². The minimum Gasteiger partial charge on any atom is -0.348 e. The number of benzene rings is 1. The highest BCUT2D eigenvalue weighted by atomic mass is 35.5. The Hall–Kier alpha value is -0.670. The first-order valence-electron chi connectivity index (χ1n) is 6.73. The quantitative estimate of drug-likeness (QED) is 0.856. The normalized spacial score (nSPS) is 23.1. The Morgan fingerprint density at radius 3 is 2.95 bits per heavy atom. The zero-order chi connectivity index (χ0) is 13.7. The molecule has 19 heavy (non-hydrogen) atoms. The number of alkyl halides is 1. The van der Waals surface area contributed by atoms with Crippen molar-refractivity contribution in [2.75, 3.05) is 6.26 Å². The molecule has 4 heteroatoms. The van der Waals surface area contributed by atoms with Crippen LogP contribution in [0.15, 0.2) is 24.3 Å². The molecule has 2 nitrogen and oxygen atoms in total. The third kappa shape index (κ3) is 3.90. The number of carbonyl (C=O) groups is 1. The maximum absolute atomic E-state index is 12.3. The smallest absolute Gasteiger partial charge is 0.251 e. The van der Waals surface area contributed by atoms with Crippen LogP contribution in [0.2, 0.25) is 0 Å². The fourth-order valence-electron chi connectivity index (χ4n) is 2.59. The largest absolute Gasteiger partial charge is 0.348 e. The summed E-state index contributed by atoms with van der Waals surface area (Å²) in [4.78, 5) is 12.3. The van der Waals surface area contributed by atoms with Crippen molar-refractivity contribution in [3.8, 4) is 0 Å². The summed E-state index contributed by atoms with van der Waals surface area (Å²) in [6, 6.07) is 7.85. The van der Waals surface area contributed by atoms with Crippen LogP contribution in [-0.4, -0.2) is 23.5 Å². The predicted octanol–water partition coefficient (Wildman–Crippen LogP) is 3.83. The Kier molecular flexibility index (Phi) is 5.59. The molecule has 1 aliphatic carbocycles. The highest BCUT2D eigenvalue weighted by Gasteiger charge is 2.25. The van der Waals surface area contributed by atoms with Crippen molar-refractivity contribution in [1.82, 2.24) is 5.32 Å². The molecule has 1 fully saturated rings. The van der Waals surface area contributed by atoms with E-state index < -0.39 is 0 Å². The molecular formula is C15H20ClNOS. The average molecular weight is 298 g/mol. The van der Waals surface area contributed by atoms with Crippen LogP contribution in [0.25, 0.3) is 0 Å². The van der Waals surface area contributed by atoms with E-state index >= 15 is 0 Å². The number of nitrogens with one attached hydrogen (secondary N) is 1. The highest BCUT2D eigenvalue weighted by Crippen LogP contribution is 2.27. The van der Waals surface area contributed by atoms with E-state index in [4.69, 9.17) is 11.6 Å². The molecule has 0 spiro atoms. The zero-order valence-electron chi connectivity index (χ0n) is 11.2. The molecule has 104 valence electrons. The van der Waals surface area contributed by atoms with Crippen molar-refractivity contribution < 1.29 is 4.79 Å². The Labute approximate surface area is 124 Å². The van der Waals surface area contributed by atoms with Crippen LogP contribution in [0.5, 0.6) is 0 Å². The topological polar surface area (TPSA) is 29.1 Å². The fraction of sp³-hybridized carbons (Fsp3) is 0.533. The van der Waals surface area contributed by atoms with Crippen LogP contribution >= 0.6 is 23.4 Å². The molecule has 1 aromatic rings. The fourth-order valence-corrected chi connectivity index (χ4v) is 3.69. The van der Waals surface area contributed by atoms with Gasteiger partial charge >= 0.3 is 0 Å². The van der Waals surface area contributed by atoms with Crippen LogP contribution < -0.4 is 5.32 Å². The Bertz CT molecular complexity index is 438. The summed E-state index contributed by atoms with van der Waals surface area (Å²) in [7, 11) is 0. The molecule has 0 bridgehead atoms. The Balaban J connectivity index is 2.02. The summed E-state index contributed by atoms with van der Waals surface area (Å²) in [5.41, 5.74) is 1.70. The first-order valence-corrected chi connectivity index (χ1v) is 8.55. The molecule has 1 aliphatic rings. The van der Waals surface area contributed by atoms with Gasteiger partial charge in [0.1, 0.15) is 0 Å². The highest BCUT2D eigenvalue weighted by molar-refractivity contribution is 7.99. The Morgan fingerprint density at radius 2 is 2.21 bits per heavy atom. The lowest BCUT2D eigenvalue weighted by molar-refractivity contribution is 0.0929. The number of amides is 1. The lowest BCUT2D eigenvalue weighted by Gasteiger charge is -2.31. The second-order valence-electron chi connectivity index (χ2n) is 4.97. The minimum atomic E-state index is 0.0258. The van der Waals surface area contributed by atoms with Gasteiger partial charge in [-0.2, -0.15) is 11.8 Å². The first-order chi connectivity index (χ1) is 9.24. The molecule has 2 unspecified atom stereocenters. The minimum absolute atomic E-state index is 0.0258. The molecule has 0 aromatic heterocycles. The molecule has 1 saturated carbocycles. The van der Waals surface area contributed by atoms with Crippen molar-refractivity contribution in [1.29, 1.82) is 0 Å². The number of hydrogen-bond donors (Lipinski definition) is 1. The molecule has 1 N–H and O–H groups in total. The van der Waals surface area contributed by atoms with E-state index in [0.29, 0.717) is 22.7 Å². The van der Waals surface area contributed by atoms with Gasteiger partial charge in [0.2, 0.25) is 0 Å². The molecule has 1 amide bonds. The van der Waals surface area contributed by atoms with E-state index in [9.17, 15) is 4.79 Å². The average Bonchev–Trinajstić information content (AvgIpc) is 2.47. The number of thioether (sulfide) groups is 1. The summed E-state index contributed by atoms with van der Waals surface area (Å²) in [5, 5.41) is 3.73. The van der Waals surface area contributed by atoms with Crippen molar-refractivity contribution in [3.05, 3.63) is 35.4 Å². The van der Waals surface area contributed by atoms with E-state index in [0.717, 1.165) is 12.0 Å². The van der Waals surface area contributed by atoms with Crippen LogP contribution in [0.4, 0.5) is 0 Å².